The third kappa shape index (κ3) is 6.44. The highest BCUT2D eigenvalue weighted by Crippen LogP contribution is 2.28. The minimum Gasteiger partial charge on any atom is -0.496 e. The van der Waals surface area contributed by atoms with Crippen LogP contribution < -0.4 is 15.0 Å². The highest BCUT2D eigenvalue weighted by molar-refractivity contribution is 7.98. The molecular formula is C28H31N3O3S. The van der Waals surface area contributed by atoms with E-state index in [9.17, 15) is 4.79 Å². The molecule has 0 atom stereocenters. The molecule has 3 aromatic carbocycles. The van der Waals surface area contributed by atoms with Crippen LogP contribution in [-0.2, 0) is 12.3 Å². The quantitative estimate of drug-likeness (QED) is 0.166. The van der Waals surface area contributed by atoms with Crippen LogP contribution >= 0.6 is 11.8 Å². The van der Waals surface area contributed by atoms with E-state index >= 15 is 0 Å². The molecule has 0 bridgehead atoms. The van der Waals surface area contributed by atoms with Crippen LogP contribution in [0.3, 0.4) is 0 Å². The third-order valence-electron chi connectivity index (χ3n) is 5.64. The van der Waals surface area contributed by atoms with Gasteiger partial charge in [-0.05, 0) is 50.3 Å². The van der Waals surface area contributed by atoms with Gasteiger partial charge in [-0.15, -0.1) is 0 Å². The van der Waals surface area contributed by atoms with Gasteiger partial charge in [-0.25, -0.2) is 4.98 Å². The highest BCUT2D eigenvalue weighted by atomic mass is 32.2. The first-order valence-electron chi connectivity index (χ1n) is 11.7. The van der Waals surface area contributed by atoms with Gasteiger partial charge in [0.05, 0.1) is 31.2 Å². The standard InChI is InChI=1S/C28H31N3O3S/c1-30(2)16-9-17-34-23-14-15-25-24(18-23)27(32)31(19-21-10-5-4-6-11-21)28(29-25)35-20-22-12-7-8-13-26(22)33-3/h4-8,10-15,18H,9,16-17,19-20H2,1-3H3. The molecule has 1 aromatic heterocycles. The van der Waals surface area contributed by atoms with E-state index in [4.69, 9.17) is 14.5 Å². The van der Waals surface area contributed by atoms with Crippen LogP contribution in [0, 0.1) is 0 Å². The topological polar surface area (TPSA) is 56.6 Å². The Morgan fingerprint density at radius 3 is 2.54 bits per heavy atom. The van der Waals surface area contributed by atoms with Gasteiger partial charge in [-0.1, -0.05) is 60.3 Å². The molecule has 0 spiro atoms. The van der Waals surface area contributed by atoms with Gasteiger partial charge >= 0.3 is 0 Å². The number of ether oxygens (including phenoxy) is 2. The Morgan fingerprint density at radius 2 is 1.77 bits per heavy atom. The fraction of sp³-hybridized carbons (Fsp3) is 0.286. The van der Waals surface area contributed by atoms with Gasteiger partial charge in [0.25, 0.3) is 5.56 Å². The van der Waals surface area contributed by atoms with Gasteiger partial charge in [0.1, 0.15) is 11.5 Å². The lowest BCUT2D eigenvalue weighted by Crippen LogP contribution is -2.24. The van der Waals surface area contributed by atoms with Crippen molar-refractivity contribution < 1.29 is 9.47 Å². The molecule has 1 heterocycles. The second-order valence-corrected chi connectivity index (χ2v) is 9.50. The lowest BCUT2D eigenvalue weighted by Gasteiger charge is -2.15. The minimum atomic E-state index is -0.0693. The molecule has 0 aliphatic rings. The molecule has 0 saturated heterocycles. The molecule has 0 fully saturated rings. The van der Waals surface area contributed by atoms with Gasteiger partial charge in [0, 0.05) is 17.9 Å². The van der Waals surface area contributed by atoms with Crippen molar-refractivity contribution in [2.45, 2.75) is 23.9 Å². The number of fused-ring (bicyclic) bond motifs is 1. The largest absolute Gasteiger partial charge is 0.496 e. The zero-order valence-electron chi connectivity index (χ0n) is 20.4. The molecule has 0 amide bonds. The molecule has 7 heteroatoms. The number of hydrogen-bond donors (Lipinski definition) is 0. The fourth-order valence-corrected chi connectivity index (χ4v) is 4.81. The highest BCUT2D eigenvalue weighted by Gasteiger charge is 2.14. The van der Waals surface area contributed by atoms with Gasteiger partial charge in [0.15, 0.2) is 5.16 Å². The second kappa shape index (κ2) is 11.9. The van der Waals surface area contributed by atoms with Crippen LogP contribution in [0.2, 0.25) is 0 Å². The lowest BCUT2D eigenvalue weighted by atomic mass is 10.2. The molecule has 4 rings (SSSR count). The number of methoxy groups -OCH3 is 1. The lowest BCUT2D eigenvalue weighted by molar-refractivity contribution is 0.282. The van der Waals surface area contributed by atoms with E-state index in [-0.39, 0.29) is 5.56 Å². The molecule has 182 valence electrons. The molecular weight excluding hydrogens is 458 g/mol. The van der Waals surface area contributed by atoms with Gasteiger partial charge in [0.2, 0.25) is 0 Å². The molecule has 0 aliphatic heterocycles. The zero-order chi connectivity index (χ0) is 24.6. The molecule has 0 unspecified atom stereocenters. The Bertz CT molecular complexity index is 1320. The average molecular weight is 490 g/mol. The summed E-state index contributed by atoms with van der Waals surface area (Å²) < 4.78 is 13.2. The zero-order valence-corrected chi connectivity index (χ0v) is 21.3. The van der Waals surface area contributed by atoms with Crippen LogP contribution in [0.25, 0.3) is 10.9 Å². The maximum atomic E-state index is 13.7. The number of benzene rings is 3. The smallest absolute Gasteiger partial charge is 0.262 e. The van der Waals surface area contributed by atoms with Gasteiger partial charge in [-0.3, -0.25) is 9.36 Å². The van der Waals surface area contributed by atoms with E-state index in [1.165, 1.54) is 11.8 Å². The van der Waals surface area contributed by atoms with Crippen molar-refractivity contribution in [3.05, 3.63) is 94.3 Å². The number of nitrogens with zero attached hydrogens (tertiary/aromatic N) is 3. The number of thioether (sulfide) groups is 1. The molecule has 35 heavy (non-hydrogen) atoms. The Hall–Kier alpha value is -3.29. The van der Waals surface area contributed by atoms with E-state index in [1.807, 2.05) is 86.9 Å². The van der Waals surface area contributed by atoms with Gasteiger partial charge < -0.3 is 14.4 Å². The van der Waals surface area contributed by atoms with Crippen molar-refractivity contribution >= 4 is 22.7 Å². The van der Waals surface area contributed by atoms with E-state index in [1.54, 1.807) is 11.7 Å². The first-order valence-corrected chi connectivity index (χ1v) is 12.6. The average Bonchev–Trinajstić information content (AvgIpc) is 2.88. The Morgan fingerprint density at radius 1 is 1.00 bits per heavy atom. The van der Waals surface area contributed by atoms with Crippen molar-refractivity contribution in [1.29, 1.82) is 0 Å². The summed E-state index contributed by atoms with van der Waals surface area (Å²) in [6.45, 7) is 2.00. The summed E-state index contributed by atoms with van der Waals surface area (Å²) in [5, 5.41) is 1.24. The summed E-state index contributed by atoms with van der Waals surface area (Å²) in [4.78, 5) is 20.7. The van der Waals surface area contributed by atoms with Crippen molar-refractivity contribution in [2.75, 3.05) is 34.4 Å². The molecule has 0 saturated carbocycles. The molecule has 4 aromatic rings. The summed E-state index contributed by atoms with van der Waals surface area (Å²) in [6, 6.07) is 23.5. The van der Waals surface area contributed by atoms with E-state index < -0.39 is 0 Å². The van der Waals surface area contributed by atoms with Crippen LogP contribution in [0.5, 0.6) is 11.5 Å². The maximum absolute atomic E-state index is 13.7. The van der Waals surface area contributed by atoms with Crippen LogP contribution in [0.1, 0.15) is 17.5 Å². The van der Waals surface area contributed by atoms with Crippen molar-refractivity contribution in [3.63, 3.8) is 0 Å². The van der Waals surface area contributed by atoms with E-state index in [0.29, 0.717) is 40.7 Å². The Labute approximate surface area is 210 Å². The maximum Gasteiger partial charge on any atom is 0.262 e. The van der Waals surface area contributed by atoms with E-state index in [2.05, 4.69) is 4.90 Å². The predicted octanol–water partition coefficient (Wildman–Crippen LogP) is 5.08. The molecule has 0 aliphatic carbocycles. The SMILES string of the molecule is COc1ccccc1CSc1nc2ccc(OCCCN(C)C)cc2c(=O)n1Cc1ccccc1. The first-order chi connectivity index (χ1) is 17.0. The van der Waals surface area contributed by atoms with Crippen LogP contribution in [-0.4, -0.2) is 48.8 Å². The minimum absolute atomic E-state index is 0.0693. The number of aromatic nitrogens is 2. The number of hydrogen-bond acceptors (Lipinski definition) is 6. The summed E-state index contributed by atoms with van der Waals surface area (Å²) in [6.07, 6.45) is 0.917. The Kier molecular flexibility index (Phi) is 8.45. The van der Waals surface area contributed by atoms with Crippen molar-refractivity contribution in [2.24, 2.45) is 0 Å². The fourth-order valence-electron chi connectivity index (χ4n) is 3.82. The van der Waals surface area contributed by atoms with Crippen LogP contribution in [0.4, 0.5) is 0 Å². The predicted molar refractivity (Wildman–Crippen MR) is 143 cm³/mol. The number of para-hydroxylation sites is 1. The van der Waals surface area contributed by atoms with Crippen molar-refractivity contribution in [1.82, 2.24) is 14.5 Å². The Balaban J connectivity index is 1.66. The molecule has 0 N–H and O–H groups in total. The van der Waals surface area contributed by atoms with Crippen LogP contribution in [0.15, 0.2) is 82.7 Å². The number of rotatable bonds is 11. The van der Waals surface area contributed by atoms with Gasteiger partial charge in [-0.2, -0.15) is 0 Å². The summed E-state index contributed by atoms with van der Waals surface area (Å²) in [7, 11) is 5.75. The van der Waals surface area contributed by atoms with Crippen molar-refractivity contribution in [3.8, 4) is 11.5 Å². The molecule has 6 nitrogen and oxygen atoms in total. The monoisotopic (exact) mass is 489 g/mol. The third-order valence-corrected chi connectivity index (χ3v) is 6.67. The molecule has 0 radical (unpaired) electrons. The summed E-state index contributed by atoms with van der Waals surface area (Å²) in [5.41, 5.74) is 2.70. The second-order valence-electron chi connectivity index (χ2n) is 8.56. The normalized spacial score (nSPS) is 11.2. The van der Waals surface area contributed by atoms with E-state index in [0.717, 1.165) is 29.8 Å². The summed E-state index contributed by atoms with van der Waals surface area (Å²) in [5.74, 6) is 2.16. The first kappa shape index (κ1) is 24.8. The summed E-state index contributed by atoms with van der Waals surface area (Å²) >= 11 is 1.54.